The summed E-state index contributed by atoms with van der Waals surface area (Å²) in [5, 5.41) is 0. The van der Waals surface area contributed by atoms with E-state index in [-0.39, 0.29) is 0 Å². The second kappa shape index (κ2) is 7.11. The van der Waals surface area contributed by atoms with Crippen molar-refractivity contribution in [1.82, 2.24) is 0 Å². The Balaban J connectivity index is 2.25. The standard InChI is InChI=1S/C15H15Br2NO2/c1-19-14-8-13(17)15(9-12(14)16)20-11-4-2-3-10(7-11)5-6-18/h2-4,7-9H,5-6,18H2,1H3. The van der Waals surface area contributed by atoms with Crippen molar-refractivity contribution < 1.29 is 9.47 Å². The molecule has 2 aromatic carbocycles. The number of halogens is 2. The van der Waals surface area contributed by atoms with E-state index in [9.17, 15) is 0 Å². The van der Waals surface area contributed by atoms with E-state index >= 15 is 0 Å². The van der Waals surface area contributed by atoms with Gasteiger partial charge in [0.15, 0.2) is 0 Å². The maximum absolute atomic E-state index is 5.90. The van der Waals surface area contributed by atoms with Crippen LogP contribution in [0.3, 0.4) is 0 Å². The van der Waals surface area contributed by atoms with Crippen LogP contribution in [0.15, 0.2) is 45.3 Å². The van der Waals surface area contributed by atoms with Gasteiger partial charge in [-0.1, -0.05) is 12.1 Å². The van der Waals surface area contributed by atoms with Crippen LogP contribution in [-0.2, 0) is 6.42 Å². The maximum Gasteiger partial charge on any atom is 0.143 e. The molecule has 0 fully saturated rings. The Morgan fingerprint density at radius 1 is 1.05 bits per heavy atom. The molecule has 0 bridgehead atoms. The van der Waals surface area contributed by atoms with Crippen LogP contribution >= 0.6 is 31.9 Å². The minimum absolute atomic E-state index is 0.626. The van der Waals surface area contributed by atoms with Gasteiger partial charge in [0.05, 0.1) is 16.1 Å². The highest BCUT2D eigenvalue weighted by Gasteiger charge is 2.09. The largest absolute Gasteiger partial charge is 0.496 e. The van der Waals surface area contributed by atoms with Crippen molar-refractivity contribution in [3.05, 3.63) is 50.9 Å². The third-order valence-corrected chi connectivity index (χ3v) is 4.01. The molecule has 2 rings (SSSR count). The molecule has 2 aromatic rings. The molecule has 5 heteroatoms. The molecule has 2 N–H and O–H groups in total. The quantitative estimate of drug-likeness (QED) is 0.802. The van der Waals surface area contributed by atoms with Crippen LogP contribution in [0.2, 0.25) is 0 Å². The van der Waals surface area contributed by atoms with Gasteiger partial charge in [0.1, 0.15) is 17.2 Å². The number of hydrogen-bond acceptors (Lipinski definition) is 3. The Morgan fingerprint density at radius 3 is 2.45 bits per heavy atom. The van der Waals surface area contributed by atoms with E-state index in [1.807, 2.05) is 36.4 Å². The van der Waals surface area contributed by atoms with E-state index in [1.165, 1.54) is 0 Å². The summed E-state index contributed by atoms with van der Waals surface area (Å²) in [6, 6.07) is 11.7. The SMILES string of the molecule is COc1cc(Br)c(Oc2cccc(CCN)c2)cc1Br. The average Bonchev–Trinajstić information content (AvgIpc) is 2.43. The number of ether oxygens (including phenoxy) is 2. The molecule has 0 unspecified atom stereocenters. The summed E-state index contributed by atoms with van der Waals surface area (Å²) >= 11 is 6.93. The van der Waals surface area contributed by atoms with Crippen LogP contribution in [0.4, 0.5) is 0 Å². The van der Waals surface area contributed by atoms with Crippen LogP contribution in [0.25, 0.3) is 0 Å². The lowest BCUT2D eigenvalue weighted by Gasteiger charge is -2.11. The summed E-state index contributed by atoms with van der Waals surface area (Å²) in [6.07, 6.45) is 0.838. The van der Waals surface area contributed by atoms with Crippen molar-refractivity contribution in [2.45, 2.75) is 6.42 Å². The minimum atomic E-state index is 0.626. The first-order chi connectivity index (χ1) is 9.63. The molecule has 20 heavy (non-hydrogen) atoms. The zero-order valence-electron chi connectivity index (χ0n) is 11.0. The van der Waals surface area contributed by atoms with E-state index < -0.39 is 0 Å². The predicted octanol–water partition coefficient (Wildman–Crippen LogP) is 4.51. The third-order valence-electron chi connectivity index (χ3n) is 2.77. The van der Waals surface area contributed by atoms with E-state index in [4.69, 9.17) is 15.2 Å². The van der Waals surface area contributed by atoms with Crippen LogP contribution in [-0.4, -0.2) is 13.7 Å². The van der Waals surface area contributed by atoms with Gasteiger partial charge in [-0.15, -0.1) is 0 Å². The van der Waals surface area contributed by atoms with E-state index in [0.717, 1.165) is 38.2 Å². The third kappa shape index (κ3) is 3.75. The van der Waals surface area contributed by atoms with Crippen molar-refractivity contribution in [3.63, 3.8) is 0 Å². The highest BCUT2D eigenvalue weighted by Crippen LogP contribution is 2.38. The zero-order valence-corrected chi connectivity index (χ0v) is 14.2. The molecular weight excluding hydrogens is 386 g/mol. The topological polar surface area (TPSA) is 44.5 Å². The minimum Gasteiger partial charge on any atom is -0.496 e. The lowest BCUT2D eigenvalue weighted by atomic mass is 10.1. The number of methoxy groups -OCH3 is 1. The highest BCUT2D eigenvalue weighted by molar-refractivity contribution is 9.11. The first-order valence-corrected chi connectivity index (χ1v) is 7.72. The van der Waals surface area contributed by atoms with Crippen molar-refractivity contribution >= 4 is 31.9 Å². The first-order valence-electron chi connectivity index (χ1n) is 6.14. The van der Waals surface area contributed by atoms with Crippen molar-refractivity contribution in [1.29, 1.82) is 0 Å². The van der Waals surface area contributed by atoms with Crippen LogP contribution in [0, 0.1) is 0 Å². The van der Waals surface area contributed by atoms with Gasteiger partial charge in [-0.25, -0.2) is 0 Å². The molecule has 0 atom stereocenters. The fraction of sp³-hybridized carbons (Fsp3) is 0.200. The molecule has 0 aromatic heterocycles. The van der Waals surface area contributed by atoms with Crippen molar-refractivity contribution in [2.24, 2.45) is 5.73 Å². The molecule has 106 valence electrons. The van der Waals surface area contributed by atoms with Gasteiger partial charge in [-0.3, -0.25) is 0 Å². The second-order valence-corrected chi connectivity index (χ2v) is 5.91. The van der Waals surface area contributed by atoms with Crippen LogP contribution in [0.1, 0.15) is 5.56 Å². The van der Waals surface area contributed by atoms with E-state index in [2.05, 4.69) is 31.9 Å². The van der Waals surface area contributed by atoms with Gasteiger partial charge in [-0.05, 0) is 74.7 Å². The molecule has 0 radical (unpaired) electrons. The molecular formula is C15H15Br2NO2. The highest BCUT2D eigenvalue weighted by atomic mass is 79.9. The smallest absolute Gasteiger partial charge is 0.143 e. The van der Waals surface area contributed by atoms with Crippen molar-refractivity contribution in [2.75, 3.05) is 13.7 Å². The molecule has 0 heterocycles. The van der Waals surface area contributed by atoms with Crippen LogP contribution < -0.4 is 15.2 Å². The molecule has 0 amide bonds. The first kappa shape index (κ1) is 15.4. The number of benzene rings is 2. The number of hydrogen-bond donors (Lipinski definition) is 1. The van der Waals surface area contributed by atoms with Gasteiger partial charge in [0.25, 0.3) is 0 Å². The Labute approximate surface area is 135 Å². The molecule has 0 saturated carbocycles. The molecule has 0 aliphatic heterocycles. The summed E-state index contributed by atoms with van der Waals surface area (Å²) < 4.78 is 12.8. The lowest BCUT2D eigenvalue weighted by molar-refractivity contribution is 0.409. The van der Waals surface area contributed by atoms with E-state index in [1.54, 1.807) is 7.11 Å². The van der Waals surface area contributed by atoms with E-state index in [0.29, 0.717) is 6.54 Å². The monoisotopic (exact) mass is 399 g/mol. The predicted molar refractivity (Wildman–Crippen MR) is 87.7 cm³/mol. The fourth-order valence-electron chi connectivity index (χ4n) is 1.80. The van der Waals surface area contributed by atoms with Gasteiger partial charge in [0.2, 0.25) is 0 Å². The number of nitrogens with two attached hydrogens (primary N) is 1. The summed E-state index contributed by atoms with van der Waals surface area (Å²) in [6.45, 7) is 0.626. The second-order valence-electron chi connectivity index (χ2n) is 4.21. The maximum atomic E-state index is 5.90. The average molecular weight is 401 g/mol. The molecule has 0 aliphatic carbocycles. The van der Waals surface area contributed by atoms with Gasteiger partial charge >= 0.3 is 0 Å². The summed E-state index contributed by atoms with van der Waals surface area (Å²) in [4.78, 5) is 0. The van der Waals surface area contributed by atoms with Gasteiger partial charge in [-0.2, -0.15) is 0 Å². The summed E-state index contributed by atoms with van der Waals surface area (Å²) in [5.74, 6) is 2.26. The Hall–Kier alpha value is -1.04. The van der Waals surface area contributed by atoms with Gasteiger partial charge in [0, 0.05) is 0 Å². The summed E-state index contributed by atoms with van der Waals surface area (Å²) in [5.41, 5.74) is 6.73. The summed E-state index contributed by atoms with van der Waals surface area (Å²) in [7, 11) is 1.63. The number of rotatable bonds is 5. The van der Waals surface area contributed by atoms with Crippen LogP contribution in [0.5, 0.6) is 17.2 Å². The Morgan fingerprint density at radius 2 is 1.75 bits per heavy atom. The fourth-order valence-corrected chi connectivity index (χ4v) is 2.69. The molecule has 0 aliphatic rings. The Bertz CT molecular complexity index is 602. The molecule has 0 saturated heterocycles. The molecule has 3 nitrogen and oxygen atoms in total. The zero-order chi connectivity index (χ0) is 14.5. The Kier molecular flexibility index (Phi) is 5.46. The van der Waals surface area contributed by atoms with Gasteiger partial charge < -0.3 is 15.2 Å². The lowest BCUT2D eigenvalue weighted by Crippen LogP contribution is -2.02. The normalized spacial score (nSPS) is 10.4. The van der Waals surface area contributed by atoms with Crippen molar-refractivity contribution in [3.8, 4) is 17.2 Å². The molecule has 0 spiro atoms.